The van der Waals surface area contributed by atoms with Crippen LogP contribution >= 0.6 is 0 Å². The molecule has 0 aromatic heterocycles. The van der Waals surface area contributed by atoms with Crippen molar-refractivity contribution in [1.82, 2.24) is 0 Å². The van der Waals surface area contributed by atoms with Gasteiger partial charge in [0.2, 0.25) is 0 Å². The van der Waals surface area contributed by atoms with Gasteiger partial charge in [-0.15, -0.1) is 0 Å². The van der Waals surface area contributed by atoms with Crippen LogP contribution in [0.2, 0.25) is 0 Å². The first-order chi connectivity index (χ1) is 23.3. The van der Waals surface area contributed by atoms with Gasteiger partial charge in [-0.3, -0.25) is 0 Å². The summed E-state index contributed by atoms with van der Waals surface area (Å²) in [6, 6.07) is 14.5. The second-order valence-electron chi connectivity index (χ2n) is 12.2. The third kappa shape index (κ3) is 13.9. The molecule has 0 saturated carbocycles. The van der Waals surface area contributed by atoms with E-state index >= 15 is 0 Å². The Hall–Kier alpha value is -4.18. The standard InChI is InChI=1S/C41H50F2O5/c1-4-6-8-10-11-12-13-14-16-28-46-38-27-25-35(30-37(38)43)41(45)48-39-26-22-33(29-36(39)42)19-18-32-20-23-34(24-21-32)40(44)47-31(3)17-15-9-7-5-2/h20-27,29-31H,4-17,28H2,1-3H3/t31-/m1/s1. The van der Waals surface area contributed by atoms with Crippen LogP contribution in [-0.2, 0) is 4.74 Å². The van der Waals surface area contributed by atoms with Crippen LogP contribution in [0.4, 0.5) is 8.78 Å². The quantitative estimate of drug-likeness (QED) is 0.0522. The van der Waals surface area contributed by atoms with Gasteiger partial charge in [-0.2, -0.15) is 0 Å². The number of carbonyl (C=O) groups is 2. The number of carbonyl (C=O) groups excluding carboxylic acids is 2. The molecule has 0 aliphatic carbocycles. The van der Waals surface area contributed by atoms with E-state index in [2.05, 4.69) is 25.7 Å². The first-order valence-electron chi connectivity index (χ1n) is 17.6. The van der Waals surface area contributed by atoms with Gasteiger partial charge in [0, 0.05) is 11.1 Å². The summed E-state index contributed by atoms with van der Waals surface area (Å²) in [5.74, 6) is 2.87. The van der Waals surface area contributed by atoms with Crippen LogP contribution in [0.5, 0.6) is 11.5 Å². The third-order valence-electron chi connectivity index (χ3n) is 8.05. The van der Waals surface area contributed by atoms with Crippen molar-refractivity contribution in [3.63, 3.8) is 0 Å². The Kier molecular flexibility index (Phi) is 17.3. The fraction of sp³-hybridized carbons (Fsp3) is 0.463. The molecule has 3 aromatic rings. The van der Waals surface area contributed by atoms with Crippen molar-refractivity contribution in [3.8, 4) is 23.3 Å². The molecule has 0 aliphatic heterocycles. The number of hydrogen-bond acceptors (Lipinski definition) is 5. The maximum absolute atomic E-state index is 14.8. The molecule has 0 fully saturated rings. The summed E-state index contributed by atoms with van der Waals surface area (Å²) >= 11 is 0. The lowest BCUT2D eigenvalue weighted by molar-refractivity contribution is 0.0319. The van der Waals surface area contributed by atoms with Crippen LogP contribution in [0.3, 0.4) is 0 Å². The molecule has 0 radical (unpaired) electrons. The molecule has 0 heterocycles. The molecular weight excluding hydrogens is 610 g/mol. The van der Waals surface area contributed by atoms with Gasteiger partial charge in [0.05, 0.1) is 23.8 Å². The molecule has 0 saturated heterocycles. The summed E-state index contributed by atoms with van der Waals surface area (Å²) in [4.78, 5) is 25.1. The van der Waals surface area contributed by atoms with E-state index in [1.54, 1.807) is 24.3 Å². The second-order valence-corrected chi connectivity index (χ2v) is 12.2. The van der Waals surface area contributed by atoms with Gasteiger partial charge in [0.1, 0.15) is 0 Å². The SMILES string of the molecule is CCCCCCCCCCCOc1ccc(C(=O)Oc2ccc(C#Cc3ccc(C(=O)O[C@H](C)CCCCCC)cc3)cc2F)cc1F. The first kappa shape index (κ1) is 38.3. The molecule has 0 unspecified atom stereocenters. The number of benzene rings is 3. The zero-order valence-electron chi connectivity index (χ0n) is 28.8. The summed E-state index contributed by atoms with van der Waals surface area (Å²) in [5.41, 5.74) is 1.39. The van der Waals surface area contributed by atoms with Crippen molar-refractivity contribution >= 4 is 11.9 Å². The van der Waals surface area contributed by atoms with Crippen molar-refractivity contribution in [1.29, 1.82) is 0 Å². The van der Waals surface area contributed by atoms with Crippen molar-refractivity contribution in [2.75, 3.05) is 6.61 Å². The van der Waals surface area contributed by atoms with Crippen LogP contribution in [-0.4, -0.2) is 24.6 Å². The zero-order chi connectivity index (χ0) is 34.6. The number of halogens is 2. The maximum Gasteiger partial charge on any atom is 0.343 e. The summed E-state index contributed by atoms with van der Waals surface area (Å²) < 4.78 is 45.7. The maximum atomic E-state index is 14.8. The molecule has 0 N–H and O–H groups in total. The largest absolute Gasteiger partial charge is 0.491 e. The summed E-state index contributed by atoms with van der Waals surface area (Å²) in [7, 11) is 0. The van der Waals surface area contributed by atoms with Crippen molar-refractivity contribution in [2.45, 2.75) is 117 Å². The Morgan fingerprint density at radius 3 is 1.81 bits per heavy atom. The minimum absolute atomic E-state index is 0.0556. The fourth-order valence-electron chi connectivity index (χ4n) is 5.16. The molecule has 7 heteroatoms. The normalized spacial score (nSPS) is 11.4. The lowest BCUT2D eigenvalue weighted by Gasteiger charge is -2.13. The summed E-state index contributed by atoms with van der Waals surface area (Å²) in [6.07, 6.45) is 15.8. The highest BCUT2D eigenvalue weighted by Gasteiger charge is 2.16. The van der Waals surface area contributed by atoms with Crippen molar-refractivity contribution < 1.29 is 32.6 Å². The smallest absolute Gasteiger partial charge is 0.343 e. The first-order valence-corrected chi connectivity index (χ1v) is 17.6. The lowest BCUT2D eigenvalue weighted by Crippen LogP contribution is -2.15. The molecule has 0 aliphatic rings. The van der Waals surface area contributed by atoms with Gasteiger partial charge in [-0.1, -0.05) is 96.3 Å². The van der Waals surface area contributed by atoms with E-state index in [1.807, 2.05) is 6.92 Å². The third-order valence-corrected chi connectivity index (χ3v) is 8.05. The predicted molar refractivity (Wildman–Crippen MR) is 187 cm³/mol. The van der Waals surface area contributed by atoms with Gasteiger partial charge in [-0.25, -0.2) is 18.4 Å². The average molecular weight is 661 g/mol. The van der Waals surface area contributed by atoms with Crippen molar-refractivity contribution in [3.05, 3.63) is 94.6 Å². The van der Waals surface area contributed by atoms with Gasteiger partial charge >= 0.3 is 11.9 Å². The lowest BCUT2D eigenvalue weighted by atomic mass is 10.1. The molecule has 258 valence electrons. The molecular formula is C41H50F2O5. The van der Waals surface area contributed by atoms with Gasteiger partial charge < -0.3 is 14.2 Å². The van der Waals surface area contributed by atoms with E-state index in [1.165, 1.54) is 69.2 Å². The van der Waals surface area contributed by atoms with E-state index in [4.69, 9.17) is 14.2 Å². The van der Waals surface area contributed by atoms with Crippen LogP contribution in [0.25, 0.3) is 0 Å². The van der Waals surface area contributed by atoms with Crippen molar-refractivity contribution in [2.24, 2.45) is 0 Å². The highest BCUT2D eigenvalue weighted by Crippen LogP contribution is 2.23. The molecule has 1 atom stereocenters. The molecule has 48 heavy (non-hydrogen) atoms. The Morgan fingerprint density at radius 2 is 1.17 bits per heavy atom. The Morgan fingerprint density at radius 1 is 0.625 bits per heavy atom. The minimum Gasteiger partial charge on any atom is -0.491 e. The van der Waals surface area contributed by atoms with Crippen LogP contribution in [0.1, 0.15) is 143 Å². The van der Waals surface area contributed by atoms with E-state index in [0.29, 0.717) is 23.3 Å². The molecule has 0 amide bonds. The molecule has 3 rings (SSSR count). The topological polar surface area (TPSA) is 61.8 Å². The number of unbranched alkanes of at least 4 members (excludes halogenated alkanes) is 11. The van der Waals surface area contributed by atoms with Gasteiger partial charge in [0.25, 0.3) is 0 Å². The molecule has 0 bridgehead atoms. The number of hydrogen-bond donors (Lipinski definition) is 0. The van der Waals surface area contributed by atoms with Crippen LogP contribution in [0.15, 0.2) is 60.7 Å². The Bertz CT molecular complexity index is 1490. The number of ether oxygens (including phenoxy) is 3. The zero-order valence-corrected chi connectivity index (χ0v) is 28.8. The number of esters is 2. The Labute approximate surface area is 285 Å². The average Bonchev–Trinajstić information content (AvgIpc) is 3.08. The van der Waals surface area contributed by atoms with E-state index in [-0.39, 0.29) is 29.1 Å². The van der Waals surface area contributed by atoms with Gasteiger partial charge in [-0.05, 0) is 86.8 Å². The number of rotatable bonds is 20. The highest BCUT2D eigenvalue weighted by atomic mass is 19.1. The minimum atomic E-state index is -0.887. The predicted octanol–water partition coefficient (Wildman–Crippen LogP) is 11.0. The Balaban J connectivity index is 1.45. The summed E-state index contributed by atoms with van der Waals surface area (Å²) in [6.45, 7) is 6.67. The second kappa shape index (κ2) is 21.6. The van der Waals surface area contributed by atoms with Crippen LogP contribution in [0, 0.1) is 23.5 Å². The van der Waals surface area contributed by atoms with Gasteiger partial charge in [0.15, 0.2) is 23.1 Å². The molecule has 3 aromatic carbocycles. The molecule has 5 nitrogen and oxygen atoms in total. The highest BCUT2D eigenvalue weighted by molar-refractivity contribution is 5.91. The monoisotopic (exact) mass is 660 g/mol. The van der Waals surface area contributed by atoms with Crippen LogP contribution < -0.4 is 9.47 Å². The van der Waals surface area contributed by atoms with E-state index in [0.717, 1.165) is 57.1 Å². The van der Waals surface area contributed by atoms with E-state index < -0.39 is 17.6 Å². The summed E-state index contributed by atoms with van der Waals surface area (Å²) in [5, 5.41) is 0. The fourth-order valence-corrected chi connectivity index (χ4v) is 5.16. The van der Waals surface area contributed by atoms with E-state index in [9.17, 15) is 18.4 Å². The molecule has 0 spiro atoms.